The fraction of sp³-hybridized carbons (Fsp3) is 0.484. The molecule has 0 aliphatic heterocycles. The standard InChI is InChI=1S/C31H44N4O5S/c1-23(2)32-31(36)35(18-19-40-21-20-37-3)17-7-6-8-22-41-30-33-28(24-9-13-26(38-4)14-10-24)29(34-30)25-11-15-27(39-5)16-12-25/h9-16,23H,6-8,17-22H2,1-5H3,(H,32,36)(H,33,34). The SMILES string of the molecule is COCCOCCN(CCCCCSc1nc(-c2ccc(OC)cc2)c(-c2ccc(OC)cc2)[nH]1)C(=O)NC(C)C. The third kappa shape index (κ3) is 10.6. The van der Waals surface area contributed by atoms with Gasteiger partial charge in [0.1, 0.15) is 11.5 Å². The van der Waals surface area contributed by atoms with E-state index >= 15 is 0 Å². The van der Waals surface area contributed by atoms with Gasteiger partial charge in [0.15, 0.2) is 5.16 Å². The Labute approximate surface area is 248 Å². The van der Waals surface area contributed by atoms with Gasteiger partial charge < -0.3 is 34.1 Å². The fourth-order valence-electron chi connectivity index (χ4n) is 4.17. The zero-order valence-electron chi connectivity index (χ0n) is 24.9. The summed E-state index contributed by atoms with van der Waals surface area (Å²) in [5, 5.41) is 3.87. The number of hydrogen-bond donors (Lipinski definition) is 2. The molecule has 1 aromatic heterocycles. The quantitative estimate of drug-likeness (QED) is 0.138. The minimum absolute atomic E-state index is 0.0441. The van der Waals surface area contributed by atoms with Gasteiger partial charge in [0.2, 0.25) is 0 Å². The van der Waals surface area contributed by atoms with Crippen molar-refractivity contribution in [2.45, 2.75) is 44.3 Å². The van der Waals surface area contributed by atoms with Crippen LogP contribution in [-0.2, 0) is 9.47 Å². The van der Waals surface area contributed by atoms with Crippen LogP contribution in [0.1, 0.15) is 33.1 Å². The van der Waals surface area contributed by atoms with Crippen LogP contribution in [0, 0.1) is 0 Å². The van der Waals surface area contributed by atoms with Gasteiger partial charge in [-0.2, -0.15) is 0 Å². The highest BCUT2D eigenvalue weighted by molar-refractivity contribution is 7.99. The second kappa shape index (κ2) is 17.6. The monoisotopic (exact) mass is 584 g/mol. The molecule has 0 unspecified atom stereocenters. The van der Waals surface area contributed by atoms with Gasteiger partial charge in [-0.15, -0.1) is 0 Å². The predicted molar refractivity (Wildman–Crippen MR) is 165 cm³/mol. The van der Waals surface area contributed by atoms with Crippen LogP contribution in [0.5, 0.6) is 11.5 Å². The first-order valence-corrected chi connectivity index (χ1v) is 15.1. The van der Waals surface area contributed by atoms with Crippen molar-refractivity contribution < 1.29 is 23.7 Å². The van der Waals surface area contributed by atoms with Crippen LogP contribution in [0.2, 0.25) is 0 Å². The van der Waals surface area contributed by atoms with E-state index in [2.05, 4.69) is 10.3 Å². The lowest BCUT2D eigenvalue weighted by molar-refractivity contribution is 0.0609. The van der Waals surface area contributed by atoms with Crippen LogP contribution >= 0.6 is 11.8 Å². The van der Waals surface area contributed by atoms with Gasteiger partial charge in [0.25, 0.3) is 0 Å². The largest absolute Gasteiger partial charge is 0.497 e. The van der Waals surface area contributed by atoms with Crippen LogP contribution in [0.4, 0.5) is 4.79 Å². The van der Waals surface area contributed by atoms with E-state index in [1.54, 1.807) is 33.1 Å². The van der Waals surface area contributed by atoms with Gasteiger partial charge >= 0.3 is 6.03 Å². The van der Waals surface area contributed by atoms with Crippen molar-refractivity contribution in [3.05, 3.63) is 48.5 Å². The lowest BCUT2D eigenvalue weighted by Gasteiger charge is -2.24. The molecule has 0 bridgehead atoms. The van der Waals surface area contributed by atoms with Crippen molar-refractivity contribution in [3.8, 4) is 34.0 Å². The smallest absolute Gasteiger partial charge is 0.317 e. The van der Waals surface area contributed by atoms with Crippen molar-refractivity contribution in [2.75, 3.05) is 60.0 Å². The molecule has 2 N–H and O–H groups in total. The summed E-state index contributed by atoms with van der Waals surface area (Å²) in [6, 6.07) is 16.0. The van der Waals surface area contributed by atoms with E-state index in [1.807, 2.05) is 67.3 Å². The highest BCUT2D eigenvalue weighted by atomic mass is 32.2. The molecule has 1 heterocycles. The van der Waals surface area contributed by atoms with Gasteiger partial charge in [-0.1, -0.05) is 18.2 Å². The Morgan fingerprint density at radius 3 is 2.15 bits per heavy atom. The van der Waals surface area contributed by atoms with Crippen molar-refractivity contribution in [2.24, 2.45) is 0 Å². The molecule has 10 heteroatoms. The number of amides is 2. The maximum Gasteiger partial charge on any atom is 0.317 e. The second-order valence-corrected chi connectivity index (χ2v) is 10.9. The average Bonchev–Trinajstić information content (AvgIpc) is 3.41. The number of thioether (sulfide) groups is 1. The van der Waals surface area contributed by atoms with Crippen LogP contribution in [0.15, 0.2) is 53.7 Å². The number of aromatic nitrogens is 2. The number of hydrogen-bond acceptors (Lipinski definition) is 7. The summed E-state index contributed by atoms with van der Waals surface area (Å²) in [5.74, 6) is 2.55. The highest BCUT2D eigenvalue weighted by Gasteiger charge is 2.16. The Morgan fingerprint density at radius 1 is 0.878 bits per heavy atom. The van der Waals surface area contributed by atoms with Gasteiger partial charge in [0.05, 0.1) is 45.4 Å². The molecule has 41 heavy (non-hydrogen) atoms. The number of unbranched alkanes of at least 4 members (excludes halogenated alkanes) is 2. The molecule has 0 saturated heterocycles. The number of benzene rings is 2. The third-order valence-electron chi connectivity index (χ3n) is 6.37. The summed E-state index contributed by atoms with van der Waals surface area (Å²) in [5.41, 5.74) is 3.94. The van der Waals surface area contributed by atoms with Gasteiger partial charge in [-0.25, -0.2) is 9.78 Å². The molecule has 0 aliphatic rings. The fourth-order valence-corrected chi connectivity index (χ4v) is 5.04. The Balaban J connectivity index is 1.56. The Kier molecular flexibility index (Phi) is 13.8. The molecule has 2 amide bonds. The Bertz CT molecular complexity index is 1100. The lowest BCUT2D eigenvalue weighted by Crippen LogP contribution is -2.44. The number of carbonyl (C=O) groups is 1. The first kappa shape index (κ1) is 32.3. The number of carbonyl (C=O) groups excluding carboxylic acids is 1. The van der Waals surface area contributed by atoms with E-state index in [4.69, 9.17) is 23.9 Å². The summed E-state index contributed by atoms with van der Waals surface area (Å²) in [4.78, 5) is 23.0. The molecule has 224 valence electrons. The number of H-pyrrole nitrogens is 1. The summed E-state index contributed by atoms with van der Waals surface area (Å²) in [7, 11) is 4.98. The number of rotatable bonds is 18. The third-order valence-corrected chi connectivity index (χ3v) is 7.33. The molecule has 3 aromatic rings. The van der Waals surface area contributed by atoms with Crippen molar-refractivity contribution >= 4 is 17.8 Å². The maximum absolute atomic E-state index is 12.6. The zero-order valence-corrected chi connectivity index (χ0v) is 25.7. The summed E-state index contributed by atoms with van der Waals surface area (Å²) in [6.07, 6.45) is 2.96. The first-order valence-electron chi connectivity index (χ1n) is 14.1. The Morgan fingerprint density at radius 2 is 1.54 bits per heavy atom. The molecule has 0 atom stereocenters. The molecule has 9 nitrogen and oxygen atoms in total. The average molecular weight is 585 g/mol. The number of methoxy groups -OCH3 is 3. The number of imidazole rings is 1. The maximum atomic E-state index is 12.6. The zero-order chi connectivity index (χ0) is 29.5. The number of aromatic amines is 1. The molecule has 3 rings (SSSR count). The topological polar surface area (TPSA) is 97.9 Å². The van der Waals surface area contributed by atoms with E-state index < -0.39 is 0 Å². The summed E-state index contributed by atoms with van der Waals surface area (Å²) in [6.45, 7) is 6.77. The van der Waals surface area contributed by atoms with Gasteiger partial charge in [-0.3, -0.25) is 0 Å². The first-order chi connectivity index (χ1) is 19.9. The summed E-state index contributed by atoms with van der Waals surface area (Å²) < 4.78 is 21.3. The molecule has 0 fully saturated rings. The van der Waals surface area contributed by atoms with Crippen LogP contribution in [0.3, 0.4) is 0 Å². The van der Waals surface area contributed by atoms with Crippen molar-refractivity contribution in [1.82, 2.24) is 20.2 Å². The van der Waals surface area contributed by atoms with Crippen molar-refractivity contribution in [3.63, 3.8) is 0 Å². The molecule has 0 saturated carbocycles. The van der Waals surface area contributed by atoms with Crippen LogP contribution in [0.25, 0.3) is 22.5 Å². The van der Waals surface area contributed by atoms with E-state index in [9.17, 15) is 4.79 Å². The molecular formula is C31H44N4O5S. The van der Waals surface area contributed by atoms with Crippen LogP contribution < -0.4 is 14.8 Å². The number of nitrogens with one attached hydrogen (secondary N) is 2. The van der Waals surface area contributed by atoms with E-state index in [-0.39, 0.29) is 12.1 Å². The number of urea groups is 1. The number of nitrogens with zero attached hydrogens (tertiary/aromatic N) is 2. The van der Waals surface area contributed by atoms with Crippen molar-refractivity contribution in [1.29, 1.82) is 0 Å². The molecule has 0 spiro atoms. The minimum Gasteiger partial charge on any atom is -0.497 e. The summed E-state index contributed by atoms with van der Waals surface area (Å²) >= 11 is 1.71. The lowest BCUT2D eigenvalue weighted by atomic mass is 10.0. The number of ether oxygens (including phenoxy) is 4. The van der Waals surface area contributed by atoms with Crippen LogP contribution in [-0.4, -0.2) is 86.9 Å². The predicted octanol–water partition coefficient (Wildman–Crippen LogP) is 6.11. The molecule has 2 aromatic carbocycles. The minimum atomic E-state index is -0.0441. The normalized spacial score (nSPS) is 11.1. The molecule has 0 radical (unpaired) electrons. The molecular weight excluding hydrogens is 540 g/mol. The highest BCUT2D eigenvalue weighted by Crippen LogP contribution is 2.34. The van der Waals surface area contributed by atoms with E-state index in [0.717, 1.165) is 64.2 Å². The van der Waals surface area contributed by atoms with Gasteiger partial charge in [-0.05, 0) is 75.2 Å². The van der Waals surface area contributed by atoms with E-state index in [0.29, 0.717) is 32.9 Å². The van der Waals surface area contributed by atoms with E-state index in [1.165, 1.54) is 0 Å². The Hall–Kier alpha value is -3.21. The second-order valence-electron chi connectivity index (χ2n) is 9.83. The van der Waals surface area contributed by atoms with Gasteiger partial charge in [0, 0.05) is 43.1 Å². The molecule has 0 aliphatic carbocycles.